The van der Waals surface area contributed by atoms with Crippen LogP contribution in [0, 0.1) is 0 Å². The first-order chi connectivity index (χ1) is 8.75. The number of guanidine groups is 1. The van der Waals surface area contributed by atoms with Crippen molar-refractivity contribution in [2.24, 2.45) is 21.7 Å². The predicted octanol–water partition coefficient (Wildman–Crippen LogP) is 2.38. The Morgan fingerprint density at radius 3 is 2.00 bits per heavy atom. The highest BCUT2D eigenvalue weighted by Gasteiger charge is 1.95. The SMILES string of the molecule is Cl.NC(N)=N/N=C/c1ccc(-c2ccccc2)cc1. The molecule has 2 aromatic carbocycles. The molecule has 0 saturated carbocycles. The maximum atomic E-state index is 5.17. The van der Waals surface area contributed by atoms with Gasteiger partial charge in [0.15, 0.2) is 0 Å². The zero-order valence-electron chi connectivity index (χ0n) is 10.2. The van der Waals surface area contributed by atoms with Crippen molar-refractivity contribution >= 4 is 24.6 Å². The first-order valence-corrected chi connectivity index (χ1v) is 5.53. The van der Waals surface area contributed by atoms with Crippen LogP contribution in [0.3, 0.4) is 0 Å². The molecule has 2 aromatic rings. The van der Waals surface area contributed by atoms with Gasteiger partial charge < -0.3 is 11.5 Å². The van der Waals surface area contributed by atoms with E-state index in [1.54, 1.807) is 6.21 Å². The summed E-state index contributed by atoms with van der Waals surface area (Å²) in [6.45, 7) is 0. The lowest BCUT2D eigenvalue weighted by Crippen LogP contribution is -2.21. The van der Waals surface area contributed by atoms with Crippen LogP contribution in [0.1, 0.15) is 5.56 Å². The third-order valence-electron chi connectivity index (χ3n) is 2.40. The molecule has 0 aliphatic carbocycles. The number of halogens is 1. The van der Waals surface area contributed by atoms with Crippen molar-refractivity contribution in [2.45, 2.75) is 0 Å². The summed E-state index contributed by atoms with van der Waals surface area (Å²) in [6, 6.07) is 18.2. The highest BCUT2D eigenvalue weighted by Crippen LogP contribution is 2.18. The van der Waals surface area contributed by atoms with Crippen molar-refractivity contribution in [3.63, 3.8) is 0 Å². The summed E-state index contributed by atoms with van der Waals surface area (Å²) in [6.07, 6.45) is 1.61. The third kappa shape index (κ3) is 4.44. The Hall–Kier alpha value is -2.33. The molecular formula is C14H15ClN4. The van der Waals surface area contributed by atoms with Gasteiger partial charge in [-0.05, 0) is 16.7 Å². The maximum absolute atomic E-state index is 5.17. The highest BCUT2D eigenvalue weighted by molar-refractivity contribution is 5.85. The predicted molar refractivity (Wildman–Crippen MR) is 82.5 cm³/mol. The molecule has 4 N–H and O–H groups in total. The Labute approximate surface area is 118 Å². The second-order valence-corrected chi connectivity index (χ2v) is 3.76. The van der Waals surface area contributed by atoms with Gasteiger partial charge in [0.25, 0.3) is 0 Å². The molecule has 19 heavy (non-hydrogen) atoms. The Kier molecular flexibility index (Phi) is 5.57. The standard InChI is InChI=1S/C14H14N4.ClH/c15-14(16)18-17-10-11-6-8-13(9-7-11)12-4-2-1-3-5-12;/h1-10H,(H4,15,16,18);1H/b17-10+;. The largest absolute Gasteiger partial charge is 0.369 e. The van der Waals surface area contributed by atoms with Gasteiger partial charge in [0.05, 0.1) is 6.21 Å². The van der Waals surface area contributed by atoms with Gasteiger partial charge in [-0.15, -0.1) is 17.5 Å². The first kappa shape index (κ1) is 14.7. The summed E-state index contributed by atoms with van der Waals surface area (Å²) >= 11 is 0. The number of hydrogen-bond donors (Lipinski definition) is 2. The van der Waals surface area contributed by atoms with Gasteiger partial charge in [-0.25, -0.2) is 0 Å². The van der Waals surface area contributed by atoms with Gasteiger partial charge in [-0.1, -0.05) is 54.6 Å². The van der Waals surface area contributed by atoms with Gasteiger partial charge in [0.1, 0.15) is 0 Å². The molecule has 0 amide bonds. The average Bonchev–Trinajstić information content (AvgIpc) is 2.40. The van der Waals surface area contributed by atoms with E-state index < -0.39 is 0 Å². The molecule has 98 valence electrons. The average molecular weight is 275 g/mol. The molecule has 0 radical (unpaired) electrons. The molecule has 0 unspecified atom stereocenters. The first-order valence-electron chi connectivity index (χ1n) is 5.53. The van der Waals surface area contributed by atoms with Crippen molar-refractivity contribution in [2.75, 3.05) is 0 Å². The van der Waals surface area contributed by atoms with Gasteiger partial charge in [-0.2, -0.15) is 5.10 Å². The van der Waals surface area contributed by atoms with Crippen molar-refractivity contribution < 1.29 is 0 Å². The molecule has 0 bridgehead atoms. The third-order valence-corrected chi connectivity index (χ3v) is 2.40. The van der Waals surface area contributed by atoms with Crippen molar-refractivity contribution in [1.29, 1.82) is 0 Å². The fourth-order valence-corrected chi connectivity index (χ4v) is 1.55. The van der Waals surface area contributed by atoms with Crippen LogP contribution >= 0.6 is 12.4 Å². The van der Waals surface area contributed by atoms with Crippen LogP contribution in [0.25, 0.3) is 11.1 Å². The van der Waals surface area contributed by atoms with Crippen molar-refractivity contribution in [1.82, 2.24) is 0 Å². The van der Waals surface area contributed by atoms with E-state index >= 15 is 0 Å². The fraction of sp³-hybridized carbons (Fsp3) is 0. The number of nitrogens with two attached hydrogens (primary N) is 2. The summed E-state index contributed by atoms with van der Waals surface area (Å²) in [5, 5.41) is 7.30. The summed E-state index contributed by atoms with van der Waals surface area (Å²) in [7, 11) is 0. The summed E-state index contributed by atoms with van der Waals surface area (Å²) in [5.74, 6) is -0.0489. The van der Waals surface area contributed by atoms with Gasteiger partial charge in [0, 0.05) is 0 Å². The van der Waals surface area contributed by atoms with E-state index in [9.17, 15) is 0 Å². The van der Waals surface area contributed by atoms with E-state index in [2.05, 4.69) is 22.3 Å². The highest BCUT2D eigenvalue weighted by atomic mass is 35.5. The summed E-state index contributed by atoms with van der Waals surface area (Å²) < 4.78 is 0. The Bertz CT molecular complexity index is 558. The molecular weight excluding hydrogens is 260 g/mol. The lowest BCUT2D eigenvalue weighted by Gasteiger charge is -2.01. The van der Waals surface area contributed by atoms with Crippen molar-refractivity contribution in [3.05, 3.63) is 60.2 Å². The number of hydrogen-bond acceptors (Lipinski definition) is 2. The van der Waals surface area contributed by atoms with E-state index in [0.717, 1.165) is 11.1 Å². The van der Waals surface area contributed by atoms with E-state index in [4.69, 9.17) is 11.5 Å². The zero-order valence-corrected chi connectivity index (χ0v) is 11.0. The molecule has 0 fully saturated rings. The lowest BCUT2D eigenvalue weighted by molar-refractivity contribution is 1.21. The monoisotopic (exact) mass is 274 g/mol. The molecule has 0 aromatic heterocycles. The Morgan fingerprint density at radius 1 is 0.842 bits per heavy atom. The molecule has 0 saturated heterocycles. The quantitative estimate of drug-likeness (QED) is 0.512. The normalized spacial score (nSPS) is 9.89. The van der Waals surface area contributed by atoms with Crippen LogP contribution < -0.4 is 11.5 Å². The second-order valence-electron chi connectivity index (χ2n) is 3.76. The second kappa shape index (κ2) is 7.18. The Morgan fingerprint density at radius 2 is 1.42 bits per heavy atom. The van der Waals surface area contributed by atoms with Gasteiger partial charge >= 0.3 is 0 Å². The molecule has 0 aliphatic heterocycles. The van der Waals surface area contributed by atoms with Crippen LogP contribution in [0.15, 0.2) is 64.8 Å². The molecule has 2 rings (SSSR count). The lowest BCUT2D eigenvalue weighted by atomic mass is 10.0. The molecule has 4 nitrogen and oxygen atoms in total. The van der Waals surface area contributed by atoms with Crippen LogP contribution in [-0.2, 0) is 0 Å². The molecule has 0 aliphatic rings. The number of benzene rings is 2. The topological polar surface area (TPSA) is 76.8 Å². The smallest absolute Gasteiger partial charge is 0.211 e. The van der Waals surface area contributed by atoms with Gasteiger partial charge in [0.2, 0.25) is 5.96 Å². The van der Waals surface area contributed by atoms with Crippen molar-refractivity contribution in [3.8, 4) is 11.1 Å². The van der Waals surface area contributed by atoms with Gasteiger partial charge in [-0.3, -0.25) is 0 Å². The van der Waals surface area contributed by atoms with Crippen LogP contribution in [0.5, 0.6) is 0 Å². The van der Waals surface area contributed by atoms with E-state index in [0.29, 0.717) is 0 Å². The summed E-state index contributed by atoms with van der Waals surface area (Å²) in [4.78, 5) is 0. The molecule has 0 atom stereocenters. The fourth-order valence-electron chi connectivity index (χ4n) is 1.55. The summed E-state index contributed by atoms with van der Waals surface area (Å²) in [5.41, 5.74) is 13.6. The van der Waals surface area contributed by atoms with E-state index in [1.165, 1.54) is 5.56 Å². The minimum absolute atomic E-state index is 0. The Balaban J connectivity index is 0.00000180. The molecule has 0 spiro atoms. The number of rotatable bonds is 3. The van der Waals surface area contributed by atoms with E-state index in [1.807, 2.05) is 42.5 Å². The molecule has 5 heteroatoms. The van der Waals surface area contributed by atoms with Crippen LogP contribution in [0.4, 0.5) is 0 Å². The zero-order chi connectivity index (χ0) is 12.8. The minimum Gasteiger partial charge on any atom is -0.369 e. The number of nitrogens with zero attached hydrogens (tertiary/aromatic N) is 2. The van der Waals surface area contributed by atoms with E-state index in [-0.39, 0.29) is 18.4 Å². The maximum Gasteiger partial charge on any atom is 0.211 e. The van der Waals surface area contributed by atoms with Crippen LogP contribution in [-0.4, -0.2) is 12.2 Å². The molecule has 0 heterocycles. The minimum atomic E-state index is -0.0489. The van der Waals surface area contributed by atoms with Crippen LogP contribution in [0.2, 0.25) is 0 Å².